The number of aliphatic imine (C=N–C) groups is 1. The van der Waals surface area contributed by atoms with Crippen molar-refractivity contribution in [1.29, 1.82) is 0 Å². The lowest BCUT2D eigenvalue weighted by Crippen LogP contribution is -2.48. The number of guanidine groups is 1. The third-order valence-corrected chi connectivity index (χ3v) is 6.74. The second-order valence-electron chi connectivity index (χ2n) is 6.24. The lowest BCUT2D eigenvalue weighted by Gasteiger charge is -2.34. The van der Waals surface area contributed by atoms with Crippen molar-refractivity contribution in [3.63, 3.8) is 0 Å². The van der Waals surface area contributed by atoms with Crippen LogP contribution in [0.3, 0.4) is 0 Å². The molecule has 0 amide bonds. The third kappa shape index (κ3) is 7.86. The van der Waals surface area contributed by atoms with E-state index >= 15 is 0 Å². The smallest absolute Gasteiger partial charge is 0.194 e. The maximum absolute atomic E-state index is 12.1. The number of hydrogen-bond donors (Lipinski definition) is 1. The predicted octanol–water partition coefficient (Wildman–Crippen LogP) is 2.94. The van der Waals surface area contributed by atoms with Gasteiger partial charge in [0, 0.05) is 51.9 Å². The molecule has 0 aromatic carbocycles. The van der Waals surface area contributed by atoms with E-state index < -0.39 is 10.8 Å². The van der Waals surface area contributed by atoms with Crippen molar-refractivity contribution in [2.45, 2.75) is 51.0 Å². The van der Waals surface area contributed by atoms with Crippen LogP contribution in [0.5, 0.6) is 0 Å². The maximum Gasteiger partial charge on any atom is 0.194 e. The van der Waals surface area contributed by atoms with Gasteiger partial charge in [0.2, 0.25) is 0 Å². The fourth-order valence-electron chi connectivity index (χ4n) is 2.13. The number of nitrogens with zero attached hydrogens (tertiary/aromatic N) is 2. The standard InChI is InChI=1S/C15H31N3OS2.HI/c1-6-13-12-18(9-10-20-13)14(16-7-2)17-8-11-21(19)15(3,4)5;/h13H,6-12H2,1-5H3,(H,16,17);1H. The Hall–Kier alpha value is 0.500. The van der Waals surface area contributed by atoms with Crippen molar-refractivity contribution >= 4 is 52.5 Å². The monoisotopic (exact) mass is 461 g/mol. The van der Waals surface area contributed by atoms with E-state index in [2.05, 4.69) is 40.8 Å². The molecule has 22 heavy (non-hydrogen) atoms. The summed E-state index contributed by atoms with van der Waals surface area (Å²) in [7, 11) is -0.829. The molecule has 1 N–H and O–H groups in total. The van der Waals surface area contributed by atoms with Crippen LogP contribution in [-0.2, 0) is 10.8 Å². The third-order valence-electron chi connectivity index (χ3n) is 3.45. The van der Waals surface area contributed by atoms with E-state index in [9.17, 15) is 4.21 Å². The maximum atomic E-state index is 12.1. The van der Waals surface area contributed by atoms with E-state index in [0.29, 0.717) is 17.5 Å². The fourth-order valence-corrected chi connectivity index (χ4v) is 4.17. The molecule has 2 unspecified atom stereocenters. The van der Waals surface area contributed by atoms with Gasteiger partial charge in [-0.1, -0.05) is 6.92 Å². The van der Waals surface area contributed by atoms with Gasteiger partial charge in [-0.25, -0.2) is 0 Å². The Morgan fingerprint density at radius 1 is 1.41 bits per heavy atom. The summed E-state index contributed by atoms with van der Waals surface area (Å²) in [5.41, 5.74) is 0. The molecular formula is C15H32IN3OS2. The van der Waals surface area contributed by atoms with Crippen LogP contribution in [0, 0.1) is 0 Å². The zero-order valence-corrected chi connectivity index (χ0v) is 18.5. The molecule has 1 saturated heterocycles. The minimum Gasteiger partial charge on any atom is -0.357 e. The van der Waals surface area contributed by atoms with Crippen molar-refractivity contribution in [3.8, 4) is 0 Å². The lowest BCUT2D eigenvalue weighted by molar-refractivity contribution is 0.408. The summed E-state index contributed by atoms with van der Waals surface area (Å²) in [4.78, 5) is 7.04. The number of rotatable bonds is 5. The van der Waals surface area contributed by atoms with E-state index in [1.165, 1.54) is 6.42 Å². The molecule has 1 aliphatic rings. The molecule has 0 spiro atoms. The first kappa shape index (κ1) is 22.5. The summed E-state index contributed by atoms with van der Waals surface area (Å²) in [6, 6.07) is 0. The molecule has 0 saturated carbocycles. The topological polar surface area (TPSA) is 44.7 Å². The summed E-state index contributed by atoms with van der Waals surface area (Å²) < 4.78 is 11.9. The molecule has 1 rings (SSSR count). The summed E-state index contributed by atoms with van der Waals surface area (Å²) in [6.07, 6.45) is 1.20. The Bertz CT molecular complexity index is 372. The quantitative estimate of drug-likeness (QED) is 0.389. The van der Waals surface area contributed by atoms with Gasteiger partial charge in [0.05, 0.1) is 6.54 Å². The molecule has 4 nitrogen and oxygen atoms in total. The first-order valence-corrected chi connectivity index (χ1v) is 10.3. The largest absolute Gasteiger partial charge is 0.357 e. The molecule has 1 aliphatic heterocycles. The van der Waals surface area contributed by atoms with Gasteiger partial charge in [-0.05, 0) is 34.1 Å². The van der Waals surface area contributed by atoms with Gasteiger partial charge >= 0.3 is 0 Å². The zero-order chi connectivity index (χ0) is 15.9. The number of halogens is 1. The average Bonchev–Trinajstić information content (AvgIpc) is 2.45. The normalized spacial score (nSPS) is 21.2. The molecule has 0 aliphatic carbocycles. The van der Waals surface area contributed by atoms with Crippen LogP contribution in [-0.4, -0.2) is 62.8 Å². The molecule has 1 heterocycles. The Balaban J connectivity index is 0.00000441. The van der Waals surface area contributed by atoms with E-state index in [4.69, 9.17) is 0 Å². The van der Waals surface area contributed by atoms with E-state index in [0.717, 1.165) is 31.3 Å². The van der Waals surface area contributed by atoms with Crippen LogP contribution < -0.4 is 5.32 Å². The Kier molecular flexibility index (Phi) is 11.4. The Morgan fingerprint density at radius 2 is 2.09 bits per heavy atom. The van der Waals surface area contributed by atoms with Crippen molar-refractivity contribution in [2.24, 2.45) is 4.99 Å². The average molecular weight is 461 g/mol. The minimum absolute atomic E-state index is 0. The van der Waals surface area contributed by atoms with Crippen molar-refractivity contribution in [1.82, 2.24) is 10.2 Å². The molecule has 1 fully saturated rings. The lowest BCUT2D eigenvalue weighted by atomic mass is 10.3. The molecule has 0 radical (unpaired) electrons. The highest BCUT2D eigenvalue weighted by Crippen LogP contribution is 2.21. The van der Waals surface area contributed by atoms with Crippen LogP contribution in [0.2, 0.25) is 0 Å². The number of nitrogens with one attached hydrogen (secondary N) is 1. The predicted molar refractivity (Wildman–Crippen MR) is 112 cm³/mol. The van der Waals surface area contributed by atoms with Crippen molar-refractivity contribution in [3.05, 3.63) is 0 Å². The molecule has 132 valence electrons. The van der Waals surface area contributed by atoms with Gasteiger partial charge < -0.3 is 10.2 Å². The number of thioether (sulfide) groups is 1. The van der Waals surface area contributed by atoms with Gasteiger partial charge in [-0.3, -0.25) is 9.20 Å². The van der Waals surface area contributed by atoms with Gasteiger partial charge in [0.25, 0.3) is 0 Å². The molecule has 0 aromatic heterocycles. The highest BCUT2D eigenvalue weighted by Gasteiger charge is 2.22. The first-order chi connectivity index (χ1) is 9.88. The second-order valence-corrected chi connectivity index (χ2v) is 9.98. The van der Waals surface area contributed by atoms with Crippen LogP contribution in [0.25, 0.3) is 0 Å². The molecule has 7 heteroatoms. The molecule has 2 atom stereocenters. The molecule has 0 bridgehead atoms. The second kappa shape index (κ2) is 11.1. The Morgan fingerprint density at radius 3 is 2.64 bits per heavy atom. The van der Waals surface area contributed by atoms with Crippen LogP contribution in [0.1, 0.15) is 41.0 Å². The first-order valence-electron chi connectivity index (χ1n) is 7.91. The SMILES string of the molecule is CCNC(=NCCS(=O)C(C)(C)C)N1CCSC(CC)C1.I. The molecular weight excluding hydrogens is 429 g/mol. The van der Waals surface area contributed by atoms with Crippen LogP contribution in [0.4, 0.5) is 0 Å². The highest BCUT2D eigenvalue weighted by atomic mass is 127. The summed E-state index contributed by atoms with van der Waals surface area (Å²) in [5.74, 6) is 2.79. The van der Waals surface area contributed by atoms with E-state index in [-0.39, 0.29) is 28.7 Å². The van der Waals surface area contributed by atoms with Crippen molar-refractivity contribution < 1.29 is 4.21 Å². The molecule has 0 aromatic rings. The van der Waals surface area contributed by atoms with Crippen LogP contribution >= 0.6 is 35.7 Å². The summed E-state index contributed by atoms with van der Waals surface area (Å²) in [5, 5.41) is 4.08. The van der Waals surface area contributed by atoms with Gasteiger partial charge in [0.1, 0.15) is 0 Å². The Labute approximate surface area is 160 Å². The summed E-state index contributed by atoms with van der Waals surface area (Å²) >= 11 is 2.06. The van der Waals surface area contributed by atoms with Gasteiger partial charge in [0.15, 0.2) is 5.96 Å². The van der Waals surface area contributed by atoms with Crippen LogP contribution in [0.15, 0.2) is 4.99 Å². The van der Waals surface area contributed by atoms with Gasteiger partial charge in [-0.15, -0.1) is 24.0 Å². The summed E-state index contributed by atoms with van der Waals surface area (Å²) in [6.45, 7) is 14.0. The highest BCUT2D eigenvalue weighted by molar-refractivity contribution is 14.0. The van der Waals surface area contributed by atoms with E-state index in [1.807, 2.05) is 20.8 Å². The zero-order valence-electron chi connectivity index (χ0n) is 14.6. The number of hydrogen-bond acceptors (Lipinski definition) is 3. The van der Waals surface area contributed by atoms with Crippen molar-refractivity contribution in [2.75, 3.05) is 37.7 Å². The van der Waals surface area contributed by atoms with E-state index in [1.54, 1.807) is 0 Å². The van der Waals surface area contributed by atoms with Gasteiger partial charge in [-0.2, -0.15) is 11.8 Å². The minimum atomic E-state index is -0.829. The fraction of sp³-hybridized carbons (Fsp3) is 0.933.